The van der Waals surface area contributed by atoms with Crippen molar-refractivity contribution < 1.29 is 4.79 Å². The minimum atomic E-state index is -0.0382. The highest BCUT2D eigenvalue weighted by atomic mass is 79.9. The van der Waals surface area contributed by atoms with Crippen molar-refractivity contribution in [3.05, 3.63) is 35.4 Å². The van der Waals surface area contributed by atoms with Gasteiger partial charge >= 0.3 is 0 Å². The number of carbonyl (C=O) groups excluding carboxylic acids is 1. The number of benzene rings is 1. The Kier molecular flexibility index (Phi) is 1.17. The topological polar surface area (TPSA) is 17.1 Å². The van der Waals surface area contributed by atoms with E-state index >= 15 is 0 Å². The molecule has 2 heteroatoms. The van der Waals surface area contributed by atoms with Gasteiger partial charge in [-0.15, -0.1) is 0 Å². The Morgan fingerprint density at radius 3 is 2.70 bits per heavy atom. The van der Waals surface area contributed by atoms with Crippen LogP contribution in [-0.4, -0.2) is 5.78 Å². The quantitative estimate of drug-likeness (QED) is 0.583. The van der Waals surface area contributed by atoms with Crippen molar-refractivity contribution in [2.45, 2.75) is 4.83 Å². The van der Waals surface area contributed by atoms with E-state index in [9.17, 15) is 4.79 Å². The number of ketones is 1. The van der Waals surface area contributed by atoms with E-state index in [1.54, 1.807) is 0 Å². The summed E-state index contributed by atoms with van der Waals surface area (Å²) in [4.78, 5) is 11.0. The molecule has 0 spiro atoms. The molecule has 0 fully saturated rings. The van der Waals surface area contributed by atoms with Crippen molar-refractivity contribution in [3.8, 4) is 0 Å². The Morgan fingerprint density at radius 1 is 1.30 bits per heavy atom. The summed E-state index contributed by atoms with van der Waals surface area (Å²) in [6, 6.07) is 7.65. The molecule has 0 bridgehead atoms. The molecule has 0 aliphatic heterocycles. The smallest absolute Gasteiger partial charge is 0.181 e. The van der Waals surface area contributed by atoms with Gasteiger partial charge in [0.05, 0.1) is 0 Å². The fourth-order valence-electron chi connectivity index (χ4n) is 1.14. The molecule has 1 aromatic carbocycles. The predicted molar refractivity (Wildman–Crippen MR) is 42.4 cm³/mol. The van der Waals surface area contributed by atoms with Crippen LogP contribution in [0.2, 0.25) is 0 Å². The highest BCUT2D eigenvalue weighted by Crippen LogP contribution is 2.38. The number of halogens is 1. The largest absolute Gasteiger partial charge is 0.293 e. The molecule has 2 rings (SSSR count). The van der Waals surface area contributed by atoms with E-state index in [0.717, 1.165) is 11.1 Å². The lowest BCUT2D eigenvalue weighted by Gasteiger charge is -2.22. The maximum absolute atomic E-state index is 11.0. The van der Waals surface area contributed by atoms with E-state index in [0.29, 0.717) is 0 Å². The summed E-state index contributed by atoms with van der Waals surface area (Å²) in [7, 11) is 0. The molecule has 1 aromatic rings. The van der Waals surface area contributed by atoms with Gasteiger partial charge in [-0.3, -0.25) is 4.79 Å². The number of carbonyl (C=O) groups is 1. The zero-order valence-corrected chi connectivity index (χ0v) is 6.76. The lowest BCUT2D eigenvalue weighted by Crippen LogP contribution is -2.20. The third-order valence-electron chi connectivity index (χ3n) is 1.73. The van der Waals surface area contributed by atoms with Crippen LogP contribution < -0.4 is 0 Å². The third kappa shape index (κ3) is 0.598. The van der Waals surface area contributed by atoms with E-state index in [1.807, 2.05) is 24.3 Å². The lowest BCUT2D eigenvalue weighted by molar-refractivity contribution is 0.0966. The van der Waals surface area contributed by atoms with E-state index in [2.05, 4.69) is 15.9 Å². The Balaban J connectivity index is 2.60. The molecular weight excluding hydrogens is 192 g/mol. The second-order valence-electron chi connectivity index (χ2n) is 2.31. The van der Waals surface area contributed by atoms with Gasteiger partial charge < -0.3 is 0 Å². The summed E-state index contributed by atoms with van der Waals surface area (Å²) in [6.45, 7) is 0. The summed E-state index contributed by atoms with van der Waals surface area (Å²) in [5.74, 6) is 0.204. The molecule has 0 N–H and O–H groups in total. The molecule has 0 saturated heterocycles. The van der Waals surface area contributed by atoms with Crippen LogP contribution in [0.25, 0.3) is 0 Å². The second kappa shape index (κ2) is 1.92. The van der Waals surface area contributed by atoms with E-state index in [4.69, 9.17) is 0 Å². The van der Waals surface area contributed by atoms with Gasteiger partial charge in [-0.25, -0.2) is 0 Å². The van der Waals surface area contributed by atoms with Crippen molar-refractivity contribution in [2.24, 2.45) is 0 Å². The zero-order chi connectivity index (χ0) is 7.14. The number of hydrogen-bond donors (Lipinski definition) is 0. The average molecular weight is 197 g/mol. The second-order valence-corrected chi connectivity index (χ2v) is 3.23. The Labute approximate surface area is 67.2 Å². The number of rotatable bonds is 0. The lowest BCUT2D eigenvalue weighted by atomic mass is 9.87. The molecule has 10 heavy (non-hydrogen) atoms. The highest BCUT2D eigenvalue weighted by molar-refractivity contribution is 9.09. The van der Waals surface area contributed by atoms with Crippen LogP contribution in [0.4, 0.5) is 0 Å². The Bertz CT molecular complexity index is 293. The number of alkyl halides is 1. The highest BCUT2D eigenvalue weighted by Gasteiger charge is 2.32. The first-order valence-corrected chi connectivity index (χ1v) is 3.99. The van der Waals surface area contributed by atoms with Gasteiger partial charge in [0.15, 0.2) is 5.78 Å². The first kappa shape index (κ1) is 6.10. The monoisotopic (exact) mass is 196 g/mol. The average Bonchev–Trinajstić information content (AvgIpc) is 2.03. The summed E-state index contributed by atoms with van der Waals surface area (Å²) < 4.78 is 0. The zero-order valence-electron chi connectivity index (χ0n) is 5.17. The van der Waals surface area contributed by atoms with E-state index < -0.39 is 0 Å². The molecule has 0 amide bonds. The molecule has 0 heterocycles. The van der Waals surface area contributed by atoms with Gasteiger partial charge in [-0.2, -0.15) is 0 Å². The minimum absolute atomic E-state index is 0.0382. The predicted octanol–water partition coefficient (Wildman–Crippen LogP) is 2.32. The molecule has 1 nitrogen and oxygen atoms in total. The fraction of sp³-hybridized carbons (Fsp3) is 0.125. The van der Waals surface area contributed by atoms with Crippen LogP contribution in [0.1, 0.15) is 20.7 Å². The van der Waals surface area contributed by atoms with Crippen LogP contribution >= 0.6 is 15.9 Å². The van der Waals surface area contributed by atoms with Crippen molar-refractivity contribution in [1.82, 2.24) is 0 Å². The van der Waals surface area contributed by atoms with Crippen LogP contribution in [0, 0.1) is 0 Å². The molecule has 1 atom stereocenters. The van der Waals surface area contributed by atoms with Gasteiger partial charge in [-0.1, -0.05) is 40.2 Å². The SMILES string of the molecule is O=C1c2ccccc2C1Br. The van der Waals surface area contributed by atoms with Crippen LogP contribution in [0.15, 0.2) is 24.3 Å². The van der Waals surface area contributed by atoms with E-state index in [-0.39, 0.29) is 10.6 Å². The Morgan fingerprint density at radius 2 is 2.00 bits per heavy atom. The summed E-state index contributed by atoms with van der Waals surface area (Å²) in [5.41, 5.74) is 1.98. The maximum atomic E-state index is 11.0. The molecule has 1 aliphatic carbocycles. The van der Waals surface area contributed by atoms with E-state index in [1.165, 1.54) is 0 Å². The first-order valence-electron chi connectivity index (χ1n) is 3.08. The molecule has 1 unspecified atom stereocenters. The summed E-state index contributed by atoms with van der Waals surface area (Å²) in [5, 5.41) is 0. The van der Waals surface area contributed by atoms with Gasteiger partial charge in [0.2, 0.25) is 0 Å². The van der Waals surface area contributed by atoms with Crippen molar-refractivity contribution in [2.75, 3.05) is 0 Å². The molecule has 50 valence electrons. The van der Waals surface area contributed by atoms with Crippen molar-refractivity contribution in [1.29, 1.82) is 0 Å². The van der Waals surface area contributed by atoms with Crippen molar-refractivity contribution >= 4 is 21.7 Å². The molecule has 0 aromatic heterocycles. The first-order chi connectivity index (χ1) is 4.80. The van der Waals surface area contributed by atoms with Crippen LogP contribution in [-0.2, 0) is 0 Å². The normalized spacial score (nSPS) is 21.7. The number of hydrogen-bond acceptors (Lipinski definition) is 1. The van der Waals surface area contributed by atoms with Crippen LogP contribution in [0.3, 0.4) is 0 Å². The van der Waals surface area contributed by atoms with Gasteiger partial charge in [0.1, 0.15) is 4.83 Å². The summed E-state index contributed by atoms with van der Waals surface area (Å²) >= 11 is 3.27. The maximum Gasteiger partial charge on any atom is 0.181 e. The number of Topliss-reactive ketones (excluding diaryl/α,β-unsaturated/α-hetero) is 1. The summed E-state index contributed by atoms with van der Waals surface area (Å²) in [6.07, 6.45) is 0. The number of fused-ring (bicyclic) bond motifs is 1. The van der Waals surface area contributed by atoms with Crippen molar-refractivity contribution in [3.63, 3.8) is 0 Å². The Hall–Kier alpha value is -0.630. The fourth-order valence-corrected chi connectivity index (χ4v) is 1.79. The van der Waals surface area contributed by atoms with Gasteiger partial charge in [0, 0.05) is 5.56 Å². The van der Waals surface area contributed by atoms with Gasteiger partial charge in [0.25, 0.3) is 0 Å². The minimum Gasteiger partial charge on any atom is -0.293 e. The third-order valence-corrected chi connectivity index (χ3v) is 2.64. The molecule has 0 radical (unpaired) electrons. The molecule has 1 aliphatic rings. The van der Waals surface area contributed by atoms with Crippen LogP contribution in [0.5, 0.6) is 0 Å². The molecular formula is C8H5BrO. The standard InChI is InChI=1S/C8H5BrO/c9-7-5-3-1-2-4-6(5)8(7)10/h1-4,7H. The van der Waals surface area contributed by atoms with Gasteiger partial charge in [-0.05, 0) is 5.56 Å². The molecule has 0 saturated carbocycles.